The van der Waals surface area contributed by atoms with E-state index >= 15 is 0 Å². The van der Waals surface area contributed by atoms with Crippen molar-refractivity contribution in [3.63, 3.8) is 0 Å². The minimum atomic E-state index is 0.0343. The molecule has 100 valence electrons. The van der Waals surface area contributed by atoms with Gasteiger partial charge in [0.25, 0.3) is 0 Å². The van der Waals surface area contributed by atoms with Crippen molar-refractivity contribution in [1.29, 1.82) is 0 Å². The van der Waals surface area contributed by atoms with Crippen LogP contribution in [-0.2, 0) is 0 Å². The molecule has 3 unspecified atom stereocenters. The molecule has 0 saturated heterocycles. The van der Waals surface area contributed by atoms with Gasteiger partial charge in [-0.05, 0) is 31.3 Å². The maximum absolute atomic E-state index is 4.27. The van der Waals surface area contributed by atoms with Gasteiger partial charge in [0.1, 0.15) is 0 Å². The summed E-state index contributed by atoms with van der Waals surface area (Å²) in [6, 6.07) is 15.3. The van der Waals surface area contributed by atoms with E-state index in [-0.39, 0.29) is 12.0 Å². The first-order valence-corrected chi connectivity index (χ1v) is 6.95. The molecule has 0 bridgehead atoms. The van der Waals surface area contributed by atoms with Gasteiger partial charge in [0.2, 0.25) is 5.69 Å². The van der Waals surface area contributed by atoms with Crippen molar-refractivity contribution in [3.05, 3.63) is 66.9 Å². The molecule has 2 nitrogen and oxygen atoms in total. The average Bonchev–Trinajstić information content (AvgIpc) is 2.51. The highest BCUT2D eigenvalue weighted by Crippen LogP contribution is 2.40. The van der Waals surface area contributed by atoms with Crippen molar-refractivity contribution in [2.75, 3.05) is 0 Å². The number of rotatable bonds is 3. The average molecular weight is 263 g/mol. The Morgan fingerprint density at radius 1 is 1.20 bits per heavy atom. The van der Waals surface area contributed by atoms with Gasteiger partial charge in [0.05, 0.1) is 12.0 Å². The number of hydrogen-bond acceptors (Lipinski definition) is 1. The summed E-state index contributed by atoms with van der Waals surface area (Å²) in [6.45, 7) is 9.91. The number of aliphatic imine (C=N–C) groups is 1. The Morgan fingerprint density at radius 2 is 1.95 bits per heavy atom. The van der Waals surface area contributed by atoms with Crippen molar-refractivity contribution in [2.24, 2.45) is 4.99 Å². The summed E-state index contributed by atoms with van der Waals surface area (Å²) in [4.78, 5) is 4.27. The zero-order valence-corrected chi connectivity index (χ0v) is 11.7. The summed E-state index contributed by atoms with van der Waals surface area (Å²) in [5, 5.41) is 0. The maximum atomic E-state index is 4.27. The highest BCUT2D eigenvalue weighted by Gasteiger charge is 2.39. The monoisotopic (exact) mass is 263 g/mol. The molecule has 1 aromatic carbocycles. The van der Waals surface area contributed by atoms with Crippen molar-refractivity contribution >= 4 is 6.72 Å². The summed E-state index contributed by atoms with van der Waals surface area (Å²) in [6.07, 6.45) is 4.05. The predicted molar refractivity (Wildman–Crippen MR) is 83.1 cm³/mol. The van der Waals surface area contributed by atoms with Gasteiger partial charge < -0.3 is 0 Å². The first-order valence-electron chi connectivity index (χ1n) is 6.95. The normalized spacial score (nSPS) is 21.4. The molecule has 1 aliphatic rings. The van der Waals surface area contributed by atoms with Gasteiger partial charge in [0.15, 0.2) is 12.2 Å². The Hall–Kier alpha value is -2.22. The first kappa shape index (κ1) is 12.8. The van der Waals surface area contributed by atoms with Crippen LogP contribution in [0.2, 0.25) is 0 Å². The molecule has 2 heterocycles. The van der Waals surface area contributed by atoms with E-state index in [9.17, 15) is 0 Å². The number of nitrogens with zero attached hydrogens (tertiary/aromatic N) is 2. The van der Waals surface area contributed by atoms with Crippen LogP contribution >= 0.6 is 0 Å². The second-order valence-corrected chi connectivity index (χ2v) is 5.26. The van der Waals surface area contributed by atoms with E-state index in [2.05, 4.69) is 78.4 Å². The van der Waals surface area contributed by atoms with Gasteiger partial charge in [-0.1, -0.05) is 24.3 Å². The Morgan fingerprint density at radius 3 is 2.70 bits per heavy atom. The number of pyridine rings is 1. The van der Waals surface area contributed by atoms with Crippen LogP contribution in [0.25, 0.3) is 11.3 Å². The van der Waals surface area contributed by atoms with Crippen LogP contribution in [0.15, 0.2) is 66.3 Å². The van der Waals surface area contributed by atoms with Crippen LogP contribution in [0.3, 0.4) is 0 Å². The smallest absolute Gasteiger partial charge is 0.213 e. The molecule has 0 spiro atoms. The highest BCUT2D eigenvalue weighted by atomic mass is 15.0. The summed E-state index contributed by atoms with van der Waals surface area (Å²) in [7, 11) is 0. The lowest BCUT2D eigenvalue weighted by Gasteiger charge is -2.30. The fourth-order valence-corrected chi connectivity index (χ4v) is 3.30. The van der Waals surface area contributed by atoms with Crippen molar-refractivity contribution in [3.8, 4) is 11.3 Å². The van der Waals surface area contributed by atoms with Gasteiger partial charge in [-0.15, -0.1) is 6.58 Å². The SMILES string of the molecule is C=CC(N=C)C1c2ccccc2-c2cccc[n+]2C1C. The second-order valence-electron chi connectivity index (χ2n) is 5.26. The first-order chi connectivity index (χ1) is 9.77. The standard InChI is InChI=1S/C18H19N2/c1-4-16(19-3)18-13(2)20-12-8-7-11-17(20)14-9-5-6-10-15(14)18/h4-13,16,18H,1,3H2,2H3/q+1. The Labute approximate surface area is 120 Å². The molecule has 2 heteroatoms. The molecule has 3 atom stereocenters. The minimum Gasteiger partial charge on any atom is -0.293 e. The van der Waals surface area contributed by atoms with Gasteiger partial charge in [-0.2, -0.15) is 4.57 Å². The van der Waals surface area contributed by atoms with E-state index < -0.39 is 0 Å². The molecule has 20 heavy (non-hydrogen) atoms. The Balaban J connectivity index is 2.26. The van der Waals surface area contributed by atoms with Crippen molar-refractivity contribution in [1.82, 2.24) is 0 Å². The number of benzene rings is 1. The number of hydrogen-bond donors (Lipinski definition) is 0. The van der Waals surface area contributed by atoms with Crippen LogP contribution in [-0.4, -0.2) is 12.8 Å². The van der Waals surface area contributed by atoms with E-state index in [1.165, 1.54) is 16.8 Å². The molecular weight excluding hydrogens is 244 g/mol. The predicted octanol–water partition coefficient (Wildman–Crippen LogP) is 3.55. The molecule has 3 rings (SSSR count). The van der Waals surface area contributed by atoms with E-state index in [0.29, 0.717) is 6.04 Å². The molecule has 0 aliphatic carbocycles. The van der Waals surface area contributed by atoms with Crippen molar-refractivity contribution in [2.45, 2.75) is 24.9 Å². The molecule has 0 fully saturated rings. The van der Waals surface area contributed by atoms with E-state index in [1.54, 1.807) is 0 Å². The zero-order valence-electron chi connectivity index (χ0n) is 11.7. The zero-order chi connectivity index (χ0) is 14.1. The number of fused-ring (bicyclic) bond motifs is 3. The summed E-state index contributed by atoms with van der Waals surface area (Å²) < 4.78 is 2.33. The Bertz CT molecular complexity index is 652. The van der Waals surface area contributed by atoms with Crippen LogP contribution in [0, 0.1) is 0 Å². The molecule has 1 aromatic heterocycles. The van der Waals surface area contributed by atoms with Gasteiger partial charge in [-0.25, -0.2) is 0 Å². The van der Waals surface area contributed by atoms with E-state index in [1.807, 2.05) is 6.08 Å². The van der Waals surface area contributed by atoms with Crippen LogP contribution in [0.4, 0.5) is 0 Å². The quantitative estimate of drug-likeness (QED) is 0.457. The lowest BCUT2D eigenvalue weighted by molar-refractivity contribution is -0.714. The lowest BCUT2D eigenvalue weighted by atomic mass is 9.79. The van der Waals surface area contributed by atoms with Gasteiger partial charge in [0, 0.05) is 17.7 Å². The lowest BCUT2D eigenvalue weighted by Crippen LogP contribution is -2.48. The van der Waals surface area contributed by atoms with E-state index in [4.69, 9.17) is 0 Å². The number of aromatic nitrogens is 1. The van der Waals surface area contributed by atoms with Crippen LogP contribution < -0.4 is 4.57 Å². The molecule has 0 radical (unpaired) electrons. The molecular formula is C18H19N2+. The largest absolute Gasteiger partial charge is 0.293 e. The fourth-order valence-electron chi connectivity index (χ4n) is 3.30. The minimum absolute atomic E-state index is 0.0343. The van der Waals surface area contributed by atoms with E-state index in [0.717, 1.165) is 0 Å². The van der Waals surface area contributed by atoms with Crippen LogP contribution in [0.5, 0.6) is 0 Å². The summed E-state index contributed by atoms with van der Waals surface area (Å²) in [5.74, 6) is 0.279. The molecule has 2 aromatic rings. The van der Waals surface area contributed by atoms with Crippen LogP contribution in [0.1, 0.15) is 24.4 Å². The fraction of sp³-hybridized carbons (Fsp3) is 0.222. The Kier molecular flexibility index (Phi) is 3.23. The summed E-state index contributed by atoms with van der Waals surface area (Å²) >= 11 is 0. The van der Waals surface area contributed by atoms with Crippen molar-refractivity contribution < 1.29 is 4.57 Å². The molecule has 0 saturated carbocycles. The highest BCUT2D eigenvalue weighted by molar-refractivity contribution is 5.63. The third-order valence-corrected chi connectivity index (χ3v) is 4.26. The molecule has 0 N–H and O–H groups in total. The third kappa shape index (κ3) is 1.80. The summed E-state index contributed by atoms with van der Waals surface area (Å²) in [5.41, 5.74) is 3.88. The third-order valence-electron chi connectivity index (χ3n) is 4.26. The molecule has 1 aliphatic heterocycles. The second kappa shape index (κ2) is 5.04. The molecule has 0 amide bonds. The topological polar surface area (TPSA) is 16.2 Å². The van der Waals surface area contributed by atoms with Gasteiger partial charge in [-0.3, -0.25) is 4.99 Å². The van der Waals surface area contributed by atoms with Gasteiger partial charge >= 0.3 is 0 Å². The maximum Gasteiger partial charge on any atom is 0.213 e.